The Balaban J connectivity index is 2.01. The summed E-state index contributed by atoms with van der Waals surface area (Å²) in [5.41, 5.74) is 2.45. The van der Waals surface area contributed by atoms with Gasteiger partial charge in [0.15, 0.2) is 0 Å². The topological polar surface area (TPSA) is 70.1 Å². The molecule has 1 aliphatic rings. The number of rotatable bonds is 11. The Labute approximate surface area is 202 Å². The fourth-order valence-corrected chi connectivity index (χ4v) is 4.20. The molecule has 2 aromatic carbocycles. The van der Waals surface area contributed by atoms with Crippen molar-refractivity contribution in [3.05, 3.63) is 70.8 Å². The number of amides is 1. The summed E-state index contributed by atoms with van der Waals surface area (Å²) in [5, 5.41) is 11.2. The highest BCUT2D eigenvalue weighted by atomic mass is 16.5. The number of ketones is 1. The van der Waals surface area contributed by atoms with E-state index in [-0.39, 0.29) is 11.3 Å². The maximum absolute atomic E-state index is 13.2. The molecule has 0 aliphatic carbocycles. The molecule has 1 N–H and O–H groups in total. The van der Waals surface area contributed by atoms with Gasteiger partial charge in [0, 0.05) is 12.1 Å². The van der Waals surface area contributed by atoms with Gasteiger partial charge in [0.25, 0.3) is 11.7 Å². The summed E-state index contributed by atoms with van der Waals surface area (Å²) in [7, 11) is 3.95. The van der Waals surface area contributed by atoms with Gasteiger partial charge in [-0.05, 0) is 58.1 Å². The smallest absolute Gasteiger partial charge is 0.295 e. The SMILES string of the molecule is CCCCCOc1cccc(C2C(=C(O)c3ccc(C)cc3)C(=O)C(=O)N2CCCN(C)C)c1. The highest BCUT2D eigenvalue weighted by molar-refractivity contribution is 6.46. The Morgan fingerprint density at radius 1 is 1.06 bits per heavy atom. The zero-order valence-electron chi connectivity index (χ0n) is 20.7. The Bertz CT molecular complexity index is 1030. The van der Waals surface area contributed by atoms with Gasteiger partial charge in [0.1, 0.15) is 11.5 Å². The van der Waals surface area contributed by atoms with Crippen molar-refractivity contribution in [1.82, 2.24) is 9.80 Å². The number of Topliss-reactive ketones (excluding diaryl/α,β-unsaturated/α-hetero) is 1. The van der Waals surface area contributed by atoms with Crippen LogP contribution in [-0.2, 0) is 9.59 Å². The Hall–Kier alpha value is -3.12. The van der Waals surface area contributed by atoms with Gasteiger partial charge in [-0.15, -0.1) is 0 Å². The van der Waals surface area contributed by atoms with Crippen LogP contribution < -0.4 is 4.74 Å². The third-order valence-corrected chi connectivity index (χ3v) is 6.06. The maximum Gasteiger partial charge on any atom is 0.295 e. The van der Waals surface area contributed by atoms with Crippen molar-refractivity contribution in [2.45, 2.75) is 45.6 Å². The average Bonchev–Trinajstić information content (AvgIpc) is 3.07. The number of hydrogen-bond donors (Lipinski definition) is 1. The van der Waals surface area contributed by atoms with E-state index in [0.29, 0.717) is 30.9 Å². The number of carbonyl (C=O) groups is 2. The largest absolute Gasteiger partial charge is 0.507 e. The Kier molecular flexibility index (Phi) is 8.88. The Morgan fingerprint density at radius 3 is 2.47 bits per heavy atom. The molecule has 182 valence electrons. The van der Waals surface area contributed by atoms with Crippen molar-refractivity contribution in [2.75, 3.05) is 33.8 Å². The first-order valence-electron chi connectivity index (χ1n) is 12.1. The normalized spacial score (nSPS) is 17.6. The minimum Gasteiger partial charge on any atom is -0.507 e. The number of unbranched alkanes of at least 4 members (excludes halogenated alkanes) is 2. The van der Waals surface area contributed by atoms with Gasteiger partial charge in [-0.1, -0.05) is 61.7 Å². The second-order valence-electron chi connectivity index (χ2n) is 9.14. The zero-order chi connectivity index (χ0) is 24.7. The summed E-state index contributed by atoms with van der Waals surface area (Å²) < 4.78 is 5.93. The number of aliphatic hydroxyl groups excluding tert-OH is 1. The van der Waals surface area contributed by atoms with E-state index in [4.69, 9.17) is 4.74 Å². The molecule has 1 fully saturated rings. The van der Waals surface area contributed by atoms with Crippen molar-refractivity contribution in [3.8, 4) is 5.75 Å². The van der Waals surface area contributed by atoms with Gasteiger partial charge in [-0.3, -0.25) is 9.59 Å². The van der Waals surface area contributed by atoms with Crippen LogP contribution in [0.2, 0.25) is 0 Å². The molecule has 0 radical (unpaired) electrons. The van der Waals surface area contributed by atoms with E-state index in [1.54, 1.807) is 17.0 Å². The summed E-state index contributed by atoms with van der Waals surface area (Å²) in [6.07, 6.45) is 3.90. The predicted molar refractivity (Wildman–Crippen MR) is 135 cm³/mol. The summed E-state index contributed by atoms with van der Waals surface area (Å²) in [5.74, 6) is -0.676. The van der Waals surface area contributed by atoms with Crippen LogP contribution in [0.25, 0.3) is 5.76 Å². The van der Waals surface area contributed by atoms with Crippen molar-refractivity contribution in [2.24, 2.45) is 0 Å². The van der Waals surface area contributed by atoms with E-state index in [2.05, 4.69) is 6.92 Å². The first-order chi connectivity index (χ1) is 16.3. The van der Waals surface area contributed by atoms with Crippen molar-refractivity contribution in [3.63, 3.8) is 0 Å². The van der Waals surface area contributed by atoms with E-state index < -0.39 is 17.7 Å². The highest BCUT2D eigenvalue weighted by Crippen LogP contribution is 2.40. The molecule has 1 heterocycles. The third kappa shape index (κ3) is 6.06. The molecule has 3 rings (SSSR count). The van der Waals surface area contributed by atoms with E-state index in [9.17, 15) is 14.7 Å². The molecule has 0 spiro atoms. The second-order valence-corrected chi connectivity index (χ2v) is 9.14. The summed E-state index contributed by atoms with van der Waals surface area (Å²) >= 11 is 0. The number of hydrogen-bond acceptors (Lipinski definition) is 5. The van der Waals surface area contributed by atoms with Gasteiger partial charge >= 0.3 is 0 Å². The zero-order valence-corrected chi connectivity index (χ0v) is 20.7. The number of aliphatic hydroxyl groups is 1. The maximum atomic E-state index is 13.2. The lowest BCUT2D eigenvalue weighted by Crippen LogP contribution is -2.32. The summed E-state index contributed by atoms with van der Waals surface area (Å²) in [4.78, 5) is 29.9. The fraction of sp³-hybridized carbons (Fsp3) is 0.429. The van der Waals surface area contributed by atoms with Crippen LogP contribution in [0.3, 0.4) is 0 Å². The van der Waals surface area contributed by atoms with Crippen LogP contribution in [0.5, 0.6) is 5.75 Å². The molecule has 34 heavy (non-hydrogen) atoms. The van der Waals surface area contributed by atoms with E-state index in [1.165, 1.54) is 0 Å². The van der Waals surface area contributed by atoms with E-state index in [1.807, 2.05) is 62.3 Å². The lowest BCUT2D eigenvalue weighted by molar-refractivity contribution is -0.139. The Morgan fingerprint density at radius 2 is 1.79 bits per heavy atom. The number of benzene rings is 2. The molecular weight excluding hydrogens is 428 g/mol. The van der Waals surface area contributed by atoms with Crippen LogP contribution in [0.4, 0.5) is 0 Å². The summed E-state index contributed by atoms with van der Waals surface area (Å²) in [6.45, 7) is 5.92. The first kappa shape index (κ1) is 25.5. The molecule has 1 saturated heterocycles. The van der Waals surface area contributed by atoms with Crippen molar-refractivity contribution < 1.29 is 19.4 Å². The fourth-order valence-electron chi connectivity index (χ4n) is 4.20. The van der Waals surface area contributed by atoms with Crippen LogP contribution in [0, 0.1) is 6.92 Å². The van der Waals surface area contributed by atoms with E-state index in [0.717, 1.165) is 36.9 Å². The highest BCUT2D eigenvalue weighted by Gasteiger charge is 2.45. The molecule has 0 bridgehead atoms. The van der Waals surface area contributed by atoms with Gasteiger partial charge in [-0.25, -0.2) is 0 Å². The van der Waals surface area contributed by atoms with Gasteiger partial charge in [0.05, 0.1) is 18.2 Å². The molecule has 2 aromatic rings. The minimum atomic E-state index is -0.664. The van der Waals surface area contributed by atoms with Gasteiger partial charge in [-0.2, -0.15) is 0 Å². The molecule has 1 unspecified atom stereocenters. The van der Waals surface area contributed by atoms with Crippen LogP contribution in [-0.4, -0.2) is 60.4 Å². The van der Waals surface area contributed by atoms with Crippen LogP contribution >= 0.6 is 0 Å². The van der Waals surface area contributed by atoms with Crippen molar-refractivity contribution in [1.29, 1.82) is 0 Å². The van der Waals surface area contributed by atoms with E-state index >= 15 is 0 Å². The average molecular weight is 465 g/mol. The number of nitrogens with zero attached hydrogens (tertiary/aromatic N) is 2. The van der Waals surface area contributed by atoms with Crippen molar-refractivity contribution >= 4 is 17.4 Å². The predicted octanol–water partition coefficient (Wildman–Crippen LogP) is 4.94. The third-order valence-electron chi connectivity index (χ3n) is 6.06. The monoisotopic (exact) mass is 464 g/mol. The molecule has 0 saturated carbocycles. The number of ether oxygens (including phenoxy) is 1. The summed E-state index contributed by atoms with van der Waals surface area (Å²) in [6, 6.07) is 14.2. The molecule has 0 aromatic heterocycles. The minimum absolute atomic E-state index is 0.127. The van der Waals surface area contributed by atoms with Gasteiger partial charge < -0.3 is 19.6 Å². The molecule has 6 heteroatoms. The molecule has 6 nitrogen and oxygen atoms in total. The lowest BCUT2D eigenvalue weighted by atomic mass is 9.95. The first-order valence-corrected chi connectivity index (χ1v) is 12.1. The molecule has 1 amide bonds. The van der Waals surface area contributed by atoms with Gasteiger partial charge in [0.2, 0.25) is 0 Å². The number of aryl methyl sites for hydroxylation is 1. The molecule has 1 atom stereocenters. The second kappa shape index (κ2) is 11.8. The van der Waals surface area contributed by atoms with Crippen LogP contribution in [0.1, 0.15) is 55.3 Å². The molecular formula is C28H36N2O4. The number of carbonyl (C=O) groups excluding carboxylic acids is 2. The lowest BCUT2D eigenvalue weighted by Gasteiger charge is -2.26. The standard InChI is InChI=1S/C28H36N2O4/c1-5-6-7-18-34-23-11-8-10-22(19-23)25-24(26(31)21-14-12-20(2)13-15-21)27(32)28(33)30(25)17-9-16-29(3)4/h8,10-15,19,25,31H,5-7,9,16-18H2,1-4H3. The van der Waals surface area contributed by atoms with Crippen LogP contribution in [0.15, 0.2) is 54.1 Å². The quantitative estimate of drug-likeness (QED) is 0.221. The molecule has 1 aliphatic heterocycles. The number of likely N-dealkylation sites (tertiary alicyclic amines) is 1.